The SMILES string of the molecule is Cc1cc(CCl)ccc1Oc1cccc(F)c1C#N. The fourth-order valence-electron chi connectivity index (χ4n) is 1.73. The molecule has 0 saturated heterocycles. The van der Waals surface area contributed by atoms with E-state index in [4.69, 9.17) is 21.6 Å². The molecule has 0 heterocycles. The van der Waals surface area contributed by atoms with Gasteiger partial charge >= 0.3 is 0 Å². The summed E-state index contributed by atoms with van der Waals surface area (Å²) in [6.07, 6.45) is 0. The van der Waals surface area contributed by atoms with E-state index in [1.807, 2.05) is 19.1 Å². The van der Waals surface area contributed by atoms with Crippen LogP contribution in [-0.2, 0) is 5.88 Å². The number of hydrogen-bond donors (Lipinski definition) is 0. The Bertz CT molecular complexity index is 649. The molecule has 0 fully saturated rings. The number of rotatable bonds is 3. The van der Waals surface area contributed by atoms with Crippen LogP contribution in [0.5, 0.6) is 11.5 Å². The molecule has 2 aromatic carbocycles. The number of alkyl halides is 1. The maximum absolute atomic E-state index is 13.5. The fraction of sp³-hybridized carbons (Fsp3) is 0.133. The third-order valence-corrected chi connectivity index (χ3v) is 3.01. The molecule has 0 radical (unpaired) electrons. The molecule has 96 valence electrons. The van der Waals surface area contributed by atoms with Crippen LogP contribution < -0.4 is 4.74 Å². The van der Waals surface area contributed by atoms with Gasteiger partial charge in [-0.2, -0.15) is 5.26 Å². The lowest BCUT2D eigenvalue weighted by molar-refractivity contribution is 0.471. The maximum Gasteiger partial charge on any atom is 0.148 e. The van der Waals surface area contributed by atoms with Crippen LogP contribution in [0.25, 0.3) is 0 Å². The lowest BCUT2D eigenvalue weighted by Gasteiger charge is -2.11. The van der Waals surface area contributed by atoms with Gasteiger partial charge in [0.25, 0.3) is 0 Å². The van der Waals surface area contributed by atoms with Crippen LogP contribution in [0.2, 0.25) is 0 Å². The Balaban J connectivity index is 2.37. The second-order valence-corrected chi connectivity index (χ2v) is 4.33. The molecule has 0 aliphatic heterocycles. The zero-order valence-corrected chi connectivity index (χ0v) is 11.0. The molecular weight excluding hydrogens is 265 g/mol. The Kier molecular flexibility index (Phi) is 4.03. The predicted octanol–water partition coefficient (Wildman–Crippen LogP) is 4.54. The highest BCUT2D eigenvalue weighted by atomic mass is 35.5. The molecule has 0 N–H and O–H groups in total. The summed E-state index contributed by atoms with van der Waals surface area (Å²) in [5.74, 6) is 0.625. The number of nitriles is 1. The minimum atomic E-state index is -0.588. The summed E-state index contributed by atoms with van der Waals surface area (Å²) in [5.41, 5.74) is 1.76. The van der Waals surface area contributed by atoms with E-state index in [0.717, 1.165) is 11.1 Å². The minimum Gasteiger partial charge on any atom is -0.456 e. The fourth-order valence-corrected chi connectivity index (χ4v) is 1.89. The van der Waals surface area contributed by atoms with Gasteiger partial charge in [0.05, 0.1) is 0 Å². The van der Waals surface area contributed by atoms with Crippen LogP contribution in [-0.4, -0.2) is 0 Å². The van der Waals surface area contributed by atoms with E-state index in [2.05, 4.69) is 0 Å². The van der Waals surface area contributed by atoms with Gasteiger partial charge in [-0.3, -0.25) is 0 Å². The van der Waals surface area contributed by atoms with E-state index in [1.54, 1.807) is 18.2 Å². The van der Waals surface area contributed by atoms with Gasteiger partial charge in [-0.15, -0.1) is 11.6 Å². The molecule has 0 bridgehead atoms. The second kappa shape index (κ2) is 5.73. The molecule has 0 unspecified atom stereocenters. The number of aryl methyl sites for hydroxylation is 1. The number of halogens is 2. The van der Waals surface area contributed by atoms with Crippen molar-refractivity contribution in [2.45, 2.75) is 12.8 Å². The largest absolute Gasteiger partial charge is 0.456 e. The van der Waals surface area contributed by atoms with Crippen LogP contribution >= 0.6 is 11.6 Å². The van der Waals surface area contributed by atoms with Crippen molar-refractivity contribution < 1.29 is 9.13 Å². The first-order valence-corrected chi connectivity index (χ1v) is 6.21. The van der Waals surface area contributed by atoms with E-state index in [9.17, 15) is 4.39 Å². The van der Waals surface area contributed by atoms with Crippen LogP contribution in [0.4, 0.5) is 4.39 Å². The van der Waals surface area contributed by atoms with Crippen molar-refractivity contribution in [2.24, 2.45) is 0 Å². The first-order chi connectivity index (χ1) is 9.15. The summed E-state index contributed by atoms with van der Waals surface area (Å²) >= 11 is 5.75. The number of benzene rings is 2. The summed E-state index contributed by atoms with van der Waals surface area (Å²) in [6.45, 7) is 1.87. The molecule has 0 aliphatic carbocycles. The Hall–Kier alpha value is -2.05. The zero-order valence-electron chi connectivity index (χ0n) is 10.3. The lowest BCUT2D eigenvalue weighted by Crippen LogP contribution is -1.93. The third-order valence-electron chi connectivity index (χ3n) is 2.70. The molecule has 2 nitrogen and oxygen atoms in total. The van der Waals surface area contributed by atoms with Crippen LogP contribution in [0, 0.1) is 24.1 Å². The molecule has 4 heteroatoms. The summed E-state index contributed by atoms with van der Waals surface area (Å²) < 4.78 is 19.1. The molecule has 0 amide bonds. The van der Waals surface area contributed by atoms with E-state index in [0.29, 0.717) is 11.6 Å². The summed E-state index contributed by atoms with van der Waals surface area (Å²) in [4.78, 5) is 0. The topological polar surface area (TPSA) is 33.0 Å². The normalized spacial score (nSPS) is 10.0. The van der Waals surface area contributed by atoms with Gasteiger partial charge in [0.2, 0.25) is 0 Å². The van der Waals surface area contributed by atoms with E-state index >= 15 is 0 Å². The quantitative estimate of drug-likeness (QED) is 0.771. The first-order valence-electron chi connectivity index (χ1n) is 5.67. The predicted molar refractivity (Wildman–Crippen MR) is 71.9 cm³/mol. The highest BCUT2D eigenvalue weighted by molar-refractivity contribution is 6.17. The van der Waals surface area contributed by atoms with Crippen molar-refractivity contribution in [3.05, 3.63) is 58.9 Å². The van der Waals surface area contributed by atoms with E-state index in [1.165, 1.54) is 12.1 Å². The summed E-state index contributed by atoms with van der Waals surface area (Å²) in [5, 5.41) is 8.94. The van der Waals surface area contributed by atoms with Crippen molar-refractivity contribution in [1.29, 1.82) is 5.26 Å². The van der Waals surface area contributed by atoms with Crippen molar-refractivity contribution in [1.82, 2.24) is 0 Å². The molecule has 19 heavy (non-hydrogen) atoms. The minimum absolute atomic E-state index is 0.0941. The standard InChI is InChI=1S/C15H11ClFNO/c1-10-7-11(8-16)5-6-14(10)19-15-4-2-3-13(17)12(15)9-18/h2-7H,8H2,1H3. The third kappa shape index (κ3) is 2.86. The Morgan fingerprint density at radius 1 is 1.26 bits per heavy atom. The highest BCUT2D eigenvalue weighted by Gasteiger charge is 2.11. The van der Waals surface area contributed by atoms with Crippen molar-refractivity contribution in [3.63, 3.8) is 0 Å². The molecule has 0 aliphatic rings. The van der Waals surface area contributed by atoms with Crippen LogP contribution in [0.3, 0.4) is 0 Å². The lowest BCUT2D eigenvalue weighted by atomic mass is 10.1. The smallest absolute Gasteiger partial charge is 0.148 e. The summed E-state index contributed by atoms with van der Waals surface area (Å²) in [6, 6.07) is 11.6. The Labute approximate surface area is 116 Å². The molecule has 0 aromatic heterocycles. The van der Waals surface area contributed by atoms with Crippen molar-refractivity contribution in [3.8, 4) is 17.6 Å². The monoisotopic (exact) mass is 275 g/mol. The number of nitrogens with zero attached hydrogens (tertiary/aromatic N) is 1. The second-order valence-electron chi connectivity index (χ2n) is 4.06. The zero-order chi connectivity index (χ0) is 13.8. The first kappa shape index (κ1) is 13.4. The number of hydrogen-bond acceptors (Lipinski definition) is 2. The van der Waals surface area contributed by atoms with Gasteiger partial charge in [-0.05, 0) is 36.2 Å². The molecule has 0 spiro atoms. The maximum atomic E-state index is 13.5. The van der Waals surface area contributed by atoms with Gasteiger partial charge in [-0.25, -0.2) is 4.39 Å². The van der Waals surface area contributed by atoms with Gasteiger partial charge in [-0.1, -0.05) is 18.2 Å². The van der Waals surface area contributed by atoms with Gasteiger partial charge in [0.15, 0.2) is 0 Å². The van der Waals surface area contributed by atoms with E-state index in [-0.39, 0.29) is 11.3 Å². The van der Waals surface area contributed by atoms with Crippen molar-refractivity contribution in [2.75, 3.05) is 0 Å². The highest BCUT2D eigenvalue weighted by Crippen LogP contribution is 2.29. The Morgan fingerprint density at radius 2 is 2.05 bits per heavy atom. The molecule has 2 rings (SSSR count). The molecule has 2 aromatic rings. The average molecular weight is 276 g/mol. The average Bonchev–Trinajstić information content (AvgIpc) is 2.41. The Morgan fingerprint density at radius 3 is 2.68 bits per heavy atom. The summed E-state index contributed by atoms with van der Waals surface area (Å²) in [7, 11) is 0. The van der Waals surface area contributed by atoms with Gasteiger partial charge in [0.1, 0.15) is 28.9 Å². The number of ether oxygens (including phenoxy) is 1. The van der Waals surface area contributed by atoms with Crippen molar-refractivity contribution >= 4 is 11.6 Å². The molecular formula is C15H11ClFNO. The van der Waals surface area contributed by atoms with E-state index < -0.39 is 5.82 Å². The van der Waals surface area contributed by atoms with Gasteiger partial charge < -0.3 is 4.74 Å². The van der Waals surface area contributed by atoms with Gasteiger partial charge in [0, 0.05) is 5.88 Å². The van der Waals surface area contributed by atoms with Crippen LogP contribution in [0.1, 0.15) is 16.7 Å². The molecule has 0 atom stereocenters. The molecule has 0 saturated carbocycles. The van der Waals surface area contributed by atoms with Crippen LogP contribution in [0.15, 0.2) is 36.4 Å².